The van der Waals surface area contributed by atoms with E-state index < -0.39 is 5.97 Å². The molecule has 6 nitrogen and oxygen atoms in total. The summed E-state index contributed by atoms with van der Waals surface area (Å²) in [4.78, 5) is 22.7. The van der Waals surface area contributed by atoms with E-state index in [9.17, 15) is 4.79 Å². The Balaban J connectivity index is 2.06. The van der Waals surface area contributed by atoms with E-state index >= 15 is 0 Å². The van der Waals surface area contributed by atoms with E-state index in [1.165, 1.54) is 12.4 Å². The Hall–Kier alpha value is -3.09. The first-order valence-corrected chi connectivity index (χ1v) is 10.7. The predicted octanol–water partition coefficient (Wildman–Crippen LogP) is 6.24. The smallest absolute Gasteiger partial charge is 0.354 e. The molecule has 0 saturated carbocycles. The quantitative estimate of drug-likeness (QED) is 0.286. The van der Waals surface area contributed by atoms with Crippen LogP contribution in [0.15, 0.2) is 61.2 Å². The van der Waals surface area contributed by atoms with Crippen LogP contribution in [-0.4, -0.2) is 22.5 Å². The van der Waals surface area contributed by atoms with E-state index in [1.807, 2.05) is 44.2 Å². The molecule has 0 amide bonds. The maximum Gasteiger partial charge on any atom is 0.354 e. The lowest BCUT2D eigenvalue weighted by Crippen LogP contribution is -2.23. The summed E-state index contributed by atoms with van der Waals surface area (Å²) in [6.07, 6.45) is 6.62. The average Bonchev–Trinajstić information content (AvgIpc) is 2.76. The van der Waals surface area contributed by atoms with Gasteiger partial charge in [0.1, 0.15) is 23.6 Å². The monoisotopic (exact) mass is 471 g/mol. The molecular weight excluding hydrogens is 449 g/mol. The summed E-state index contributed by atoms with van der Waals surface area (Å²) in [7, 11) is 0. The molecule has 166 valence electrons. The molecular formula is C24H23Cl2N3O3. The van der Waals surface area contributed by atoms with Crippen molar-refractivity contribution in [2.24, 2.45) is 0 Å². The topological polar surface area (TPSA) is 64.5 Å². The van der Waals surface area contributed by atoms with Crippen LogP contribution in [-0.2, 0) is 16.1 Å². The van der Waals surface area contributed by atoms with Gasteiger partial charge >= 0.3 is 5.97 Å². The van der Waals surface area contributed by atoms with Crippen LogP contribution in [0.4, 0.5) is 5.69 Å². The second-order valence-corrected chi connectivity index (χ2v) is 7.64. The standard InChI is InChI=1S/C24H23Cl2N3O3/c1-5-10-29(16(4)24(30)31-6-2)21-11-15(3)28-23-17(21)8-7-9-22(23)32-14-18-19(25)12-27-13-20(18)26/h5,7-13H,4,6,14H2,1-3H3/b10-5-. The summed E-state index contributed by atoms with van der Waals surface area (Å²) in [6, 6.07) is 7.47. The number of hydrogen-bond donors (Lipinski definition) is 0. The predicted molar refractivity (Wildman–Crippen MR) is 128 cm³/mol. The zero-order valence-electron chi connectivity index (χ0n) is 18.1. The summed E-state index contributed by atoms with van der Waals surface area (Å²) in [5, 5.41) is 1.63. The van der Waals surface area contributed by atoms with Crippen molar-refractivity contribution in [3.8, 4) is 5.75 Å². The molecule has 0 aliphatic heterocycles. The third-order valence-electron chi connectivity index (χ3n) is 4.59. The van der Waals surface area contributed by atoms with Crippen LogP contribution < -0.4 is 9.64 Å². The van der Waals surface area contributed by atoms with Crippen LogP contribution in [0, 0.1) is 6.92 Å². The number of ether oxygens (including phenoxy) is 2. The minimum Gasteiger partial charge on any atom is -0.487 e. The molecule has 0 aliphatic rings. The van der Waals surface area contributed by atoms with Crippen molar-refractivity contribution >= 4 is 45.8 Å². The molecule has 32 heavy (non-hydrogen) atoms. The lowest BCUT2D eigenvalue weighted by atomic mass is 10.1. The van der Waals surface area contributed by atoms with Crippen molar-refractivity contribution in [2.45, 2.75) is 27.4 Å². The number of nitrogens with zero attached hydrogens (tertiary/aromatic N) is 3. The number of esters is 1. The number of rotatable bonds is 8. The molecule has 0 bridgehead atoms. The van der Waals surface area contributed by atoms with Gasteiger partial charge in [-0.15, -0.1) is 0 Å². The third-order valence-corrected chi connectivity index (χ3v) is 5.24. The van der Waals surface area contributed by atoms with Gasteiger partial charge in [-0.1, -0.05) is 48.0 Å². The first-order valence-electron chi connectivity index (χ1n) is 9.96. The Kier molecular flexibility index (Phi) is 7.72. The number of anilines is 1. The molecule has 0 radical (unpaired) electrons. The molecule has 0 saturated heterocycles. The number of halogens is 2. The minimum absolute atomic E-state index is 0.151. The zero-order chi connectivity index (χ0) is 23.3. The Labute approximate surface area is 197 Å². The number of allylic oxidation sites excluding steroid dienone is 1. The summed E-state index contributed by atoms with van der Waals surface area (Å²) >= 11 is 12.4. The van der Waals surface area contributed by atoms with Crippen LogP contribution in [0.1, 0.15) is 25.1 Å². The molecule has 0 N–H and O–H groups in total. The normalized spacial score (nSPS) is 11.0. The van der Waals surface area contributed by atoms with Crippen LogP contribution in [0.3, 0.4) is 0 Å². The van der Waals surface area contributed by atoms with Gasteiger partial charge in [0, 0.05) is 35.2 Å². The second-order valence-electron chi connectivity index (χ2n) is 6.83. The summed E-state index contributed by atoms with van der Waals surface area (Å²) in [5.41, 5.74) is 2.94. The summed E-state index contributed by atoms with van der Waals surface area (Å²) < 4.78 is 11.2. The fraction of sp³-hybridized carbons (Fsp3) is 0.208. The van der Waals surface area contributed by atoms with E-state index in [1.54, 1.807) is 18.0 Å². The number of aromatic nitrogens is 2. The van der Waals surface area contributed by atoms with Gasteiger partial charge in [0.25, 0.3) is 0 Å². The Bertz CT molecular complexity index is 1170. The van der Waals surface area contributed by atoms with Crippen LogP contribution >= 0.6 is 23.2 Å². The van der Waals surface area contributed by atoms with Crippen LogP contribution in [0.2, 0.25) is 10.0 Å². The van der Waals surface area contributed by atoms with Crippen LogP contribution in [0.5, 0.6) is 5.75 Å². The van der Waals surface area contributed by atoms with Crippen molar-refractivity contribution in [3.63, 3.8) is 0 Å². The first-order chi connectivity index (χ1) is 15.4. The van der Waals surface area contributed by atoms with E-state index in [-0.39, 0.29) is 18.9 Å². The Morgan fingerprint density at radius 2 is 1.97 bits per heavy atom. The molecule has 0 spiro atoms. The van der Waals surface area contributed by atoms with E-state index in [0.717, 1.165) is 16.8 Å². The highest BCUT2D eigenvalue weighted by Crippen LogP contribution is 2.35. The van der Waals surface area contributed by atoms with Gasteiger partial charge in [-0.3, -0.25) is 4.98 Å². The van der Waals surface area contributed by atoms with Crippen molar-refractivity contribution in [1.29, 1.82) is 0 Å². The number of carbonyl (C=O) groups is 1. The Morgan fingerprint density at radius 3 is 2.62 bits per heavy atom. The third kappa shape index (κ3) is 5.03. The van der Waals surface area contributed by atoms with E-state index in [4.69, 9.17) is 32.7 Å². The molecule has 0 atom stereocenters. The lowest BCUT2D eigenvalue weighted by Gasteiger charge is -2.24. The van der Waals surface area contributed by atoms with E-state index in [0.29, 0.717) is 26.9 Å². The lowest BCUT2D eigenvalue weighted by molar-refractivity contribution is -0.138. The highest BCUT2D eigenvalue weighted by atomic mass is 35.5. The fourth-order valence-electron chi connectivity index (χ4n) is 3.15. The summed E-state index contributed by atoms with van der Waals surface area (Å²) in [5.74, 6) is 0.0566. The number of hydrogen-bond acceptors (Lipinski definition) is 6. The number of pyridine rings is 2. The first kappa shape index (κ1) is 23.6. The SMILES string of the molecule is C=C(C(=O)OCC)N(/C=C\C)c1cc(C)nc2c(OCc3c(Cl)cncc3Cl)cccc12. The average molecular weight is 472 g/mol. The minimum atomic E-state index is -0.498. The maximum absolute atomic E-state index is 12.4. The largest absolute Gasteiger partial charge is 0.487 e. The molecule has 0 unspecified atom stereocenters. The van der Waals surface area contributed by atoms with Gasteiger partial charge in [-0.05, 0) is 32.9 Å². The molecule has 3 rings (SSSR count). The second kappa shape index (κ2) is 10.5. The number of aryl methyl sites for hydroxylation is 1. The van der Waals surface area contributed by atoms with Crippen molar-refractivity contribution in [2.75, 3.05) is 11.5 Å². The van der Waals surface area contributed by atoms with Gasteiger partial charge in [-0.2, -0.15) is 0 Å². The number of fused-ring (bicyclic) bond motifs is 1. The van der Waals surface area contributed by atoms with E-state index in [2.05, 4.69) is 16.5 Å². The van der Waals surface area contributed by atoms with Gasteiger partial charge < -0.3 is 14.4 Å². The Morgan fingerprint density at radius 1 is 1.25 bits per heavy atom. The maximum atomic E-state index is 12.4. The molecule has 2 aromatic heterocycles. The van der Waals surface area contributed by atoms with Gasteiger partial charge in [-0.25, -0.2) is 9.78 Å². The number of benzene rings is 1. The van der Waals surface area contributed by atoms with Crippen molar-refractivity contribution in [3.05, 3.63) is 82.5 Å². The fourth-order valence-corrected chi connectivity index (χ4v) is 3.62. The molecule has 3 aromatic rings. The highest BCUT2D eigenvalue weighted by Gasteiger charge is 2.20. The molecule has 8 heteroatoms. The van der Waals surface area contributed by atoms with Gasteiger partial charge in [0.05, 0.1) is 22.3 Å². The number of para-hydroxylation sites is 1. The zero-order valence-corrected chi connectivity index (χ0v) is 19.6. The highest BCUT2D eigenvalue weighted by molar-refractivity contribution is 6.35. The van der Waals surface area contributed by atoms with Gasteiger partial charge in [0.2, 0.25) is 0 Å². The summed E-state index contributed by atoms with van der Waals surface area (Å²) in [6.45, 7) is 9.83. The molecule has 2 heterocycles. The van der Waals surface area contributed by atoms with Crippen LogP contribution in [0.25, 0.3) is 10.9 Å². The van der Waals surface area contributed by atoms with Crippen molar-refractivity contribution in [1.82, 2.24) is 9.97 Å². The molecule has 1 aromatic carbocycles. The van der Waals surface area contributed by atoms with Crippen molar-refractivity contribution < 1.29 is 14.3 Å². The van der Waals surface area contributed by atoms with Gasteiger partial charge in [0.15, 0.2) is 0 Å². The number of carbonyl (C=O) groups excluding carboxylic acids is 1. The molecule has 0 fully saturated rings. The molecule has 0 aliphatic carbocycles.